The van der Waals surface area contributed by atoms with E-state index >= 15 is 0 Å². The molecule has 0 spiro atoms. The average molecular weight is 212 g/mol. The van der Waals surface area contributed by atoms with Crippen LogP contribution in [0.1, 0.15) is 58.8 Å². The molecule has 1 saturated carbocycles. The van der Waals surface area contributed by atoms with Gasteiger partial charge in [0.25, 0.3) is 0 Å². The van der Waals surface area contributed by atoms with Gasteiger partial charge in [0.05, 0.1) is 6.10 Å². The summed E-state index contributed by atoms with van der Waals surface area (Å²) in [7, 11) is 0. The van der Waals surface area contributed by atoms with Crippen molar-refractivity contribution in [3.05, 3.63) is 0 Å². The van der Waals surface area contributed by atoms with Gasteiger partial charge in [-0.1, -0.05) is 32.6 Å². The van der Waals surface area contributed by atoms with Crippen LogP contribution >= 0.6 is 0 Å². The van der Waals surface area contributed by atoms with Crippen LogP contribution in [0.3, 0.4) is 0 Å². The normalized spacial score (nSPS) is 17.7. The van der Waals surface area contributed by atoms with Gasteiger partial charge in [-0.15, -0.1) is 0 Å². The number of hydrogen-bond acceptors (Lipinski definition) is 2. The summed E-state index contributed by atoms with van der Waals surface area (Å²) in [5.41, 5.74) is 0. The molecule has 0 radical (unpaired) electrons. The van der Waals surface area contributed by atoms with Crippen molar-refractivity contribution in [2.75, 3.05) is 6.61 Å². The molecule has 1 rings (SSSR count). The van der Waals surface area contributed by atoms with Gasteiger partial charge in [0.15, 0.2) is 5.78 Å². The van der Waals surface area contributed by atoms with E-state index in [2.05, 4.69) is 13.8 Å². The number of ketones is 1. The highest BCUT2D eigenvalue weighted by Gasteiger charge is 2.29. The fraction of sp³-hybridized carbons (Fsp3) is 0.923. The molecule has 0 amide bonds. The van der Waals surface area contributed by atoms with Crippen LogP contribution in [0.4, 0.5) is 0 Å². The second-order valence-corrected chi connectivity index (χ2v) is 4.71. The Kier molecular flexibility index (Phi) is 5.92. The zero-order valence-electron chi connectivity index (χ0n) is 10.1. The first-order chi connectivity index (χ1) is 7.24. The maximum atomic E-state index is 11.4. The molecule has 1 atom stereocenters. The summed E-state index contributed by atoms with van der Waals surface area (Å²) in [6.45, 7) is 4.64. The standard InChI is InChI=1S/C13H24O2/c1-3-4-5-6-7-11(2)15-10-13(14)12-8-9-12/h11-12H,3-10H2,1-2H3. The van der Waals surface area contributed by atoms with Gasteiger partial charge in [0.2, 0.25) is 0 Å². The fourth-order valence-corrected chi connectivity index (χ4v) is 1.69. The Morgan fingerprint density at radius 2 is 2.07 bits per heavy atom. The Labute approximate surface area is 93.4 Å². The van der Waals surface area contributed by atoms with E-state index in [0.717, 1.165) is 19.3 Å². The molecule has 2 heteroatoms. The summed E-state index contributed by atoms with van der Waals surface area (Å²) in [4.78, 5) is 11.4. The number of carbonyl (C=O) groups excluding carboxylic acids is 1. The van der Waals surface area contributed by atoms with E-state index in [1.165, 1.54) is 25.7 Å². The summed E-state index contributed by atoms with van der Waals surface area (Å²) >= 11 is 0. The Balaban J connectivity index is 1.92. The zero-order chi connectivity index (χ0) is 11.1. The van der Waals surface area contributed by atoms with Crippen LogP contribution in [0.15, 0.2) is 0 Å². The summed E-state index contributed by atoms with van der Waals surface area (Å²) < 4.78 is 5.54. The molecule has 1 aliphatic carbocycles. The van der Waals surface area contributed by atoms with E-state index in [1.807, 2.05) is 0 Å². The molecular weight excluding hydrogens is 188 g/mol. The number of ether oxygens (including phenoxy) is 1. The molecule has 0 aromatic rings. The van der Waals surface area contributed by atoms with E-state index in [1.54, 1.807) is 0 Å². The third-order valence-corrected chi connectivity index (χ3v) is 3.01. The monoisotopic (exact) mass is 212 g/mol. The molecule has 0 heterocycles. The molecule has 0 aromatic carbocycles. The fourth-order valence-electron chi connectivity index (χ4n) is 1.69. The van der Waals surface area contributed by atoms with Crippen LogP contribution in [0.25, 0.3) is 0 Å². The van der Waals surface area contributed by atoms with Crippen LogP contribution in [0, 0.1) is 5.92 Å². The minimum atomic E-state index is 0.254. The maximum absolute atomic E-state index is 11.4. The van der Waals surface area contributed by atoms with Crippen molar-refractivity contribution in [2.45, 2.75) is 64.9 Å². The molecule has 0 aliphatic heterocycles. The molecule has 1 aliphatic rings. The van der Waals surface area contributed by atoms with Crippen LogP contribution < -0.4 is 0 Å². The lowest BCUT2D eigenvalue weighted by Crippen LogP contribution is -2.16. The van der Waals surface area contributed by atoms with E-state index in [0.29, 0.717) is 18.3 Å². The van der Waals surface area contributed by atoms with Crippen LogP contribution in [-0.4, -0.2) is 18.5 Å². The first-order valence-corrected chi connectivity index (χ1v) is 6.38. The summed E-state index contributed by atoms with van der Waals surface area (Å²) in [5.74, 6) is 0.660. The molecule has 88 valence electrons. The summed E-state index contributed by atoms with van der Waals surface area (Å²) in [6.07, 6.45) is 8.64. The third-order valence-electron chi connectivity index (χ3n) is 3.01. The number of hydrogen-bond donors (Lipinski definition) is 0. The molecule has 0 N–H and O–H groups in total. The van der Waals surface area contributed by atoms with Gasteiger partial charge in [-0.3, -0.25) is 4.79 Å². The van der Waals surface area contributed by atoms with Gasteiger partial charge in [-0.05, 0) is 26.2 Å². The van der Waals surface area contributed by atoms with Gasteiger partial charge in [-0.25, -0.2) is 0 Å². The Morgan fingerprint density at radius 3 is 2.67 bits per heavy atom. The topological polar surface area (TPSA) is 26.3 Å². The molecule has 15 heavy (non-hydrogen) atoms. The lowest BCUT2D eigenvalue weighted by atomic mass is 10.1. The van der Waals surface area contributed by atoms with Gasteiger partial charge < -0.3 is 4.74 Å². The van der Waals surface area contributed by atoms with Crippen molar-refractivity contribution >= 4 is 5.78 Å². The first-order valence-electron chi connectivity index (χ1n) is 6.38. The summed E-state index contributed by atoms with van der Waals surface area (Å²) in [6, 6.07) is 0. The minimum Gasteiger partial charge on any atom is -0.371 e. The quantitative estimate of drug-likeness (QED) is 0.548. The average Bonchev–Trinajstić information content (AvgIpc) is 3.04. The second-order valence-electron chi connectivity index (χ2n) is 4.71. The number of rotatable bonds is 9. The van der Waals surface area contributed by atoms with Crippen LogP contribution in [0.2, 0.25) is 0 Å². The molecule has 1 unspecified atom stereocenters. The Morgan fingerprint density at radius 1 is 1.33 bits per heavy atom. The zero-order valence-corrected chi connectivity index (χ0v) is 10.1. The molecule has 0 aromatic heterocycles. The Hall–Kier alpha value is -0.370. The molecular formula is C13H24O2. The van der Waals surface area contributed by atoms with Crippen molar-refractivity contribution < 1.29 is 9.53 Å². The van der Waals surface area contributed by atoms with Gasteiger partial charge in [-0.2, -0.15) is 0 Å². The smallest absolute Gasteiger partial charge is 0.161 e. The highest BCUT2D eigenvalue weighted by Crippen LogP contribution is 2.29. The molecule has 2 nitrogen and oxygen atoms in total. The van der Waals surface area contributed by atoms with Crippen molar-refractivity contribution in [1.82, 2.24) is 0 Å². The van der Waals surface area contributed by atoms with E-state index in [-0.39, 0.29) is 6.10 Å². The predicted molar refractivity (Wildman–Crippen MR) is 61.9 cm³/mol. The van der Waals surface area contributed by atoms with Crippen LogP contribution in [0.5, 0.6) is 0 Å². The van der Waals surface area contributed by atoms with Gasteiger partial charge >= 0.3 is 0 Å². The highest BCUT2D eigenvalue weighted by molar-refractivity contribution is 5.84. The van der Waals surface area contributed by atoms with Crippen LogP contribution in [-0.2, 0) is 9.53 Å². The van der Waals surface area contributed by atoms with E-state index in [4.69, 9.17) is 4.74 Å². The highest BCUT2D eigenvalue weighted by atomic mass is 16.5. The maximum Gasteiger partial charge on any atom is 0.161 e. The number of carbonyl (C=O) groups is 1. The molecule has 1 fully saturated rings. The number of Topliss-reactive ketones (excluding diaryl/α,β-unsaturated/α-hetero) is 1. The minimum absolute atomic E-state index is 0.254. The van der Waals surface area contributed by atoms with Gasteiger partial charge in [0.1, 0.15) is 6.61 Å². The predicted octanol–water partition coefficient (Wildman–Crippen LogP) is 3.34. The summed E-state index contributed by atoms with van der Waals surface area (Å²) in [5, 5.41) is 0. The lowest BCUT2D eigenvalue weighted by molar-refractivity contribution is -0.126. The second kappa shape index (κ2) is 7.00. The van der Waals surface area contributed by atoms with Crippen molar-refractivity contribution in [2.24, 2.45) is 5.92 Å². The largest absolute Gasteiger partial charge is 0.371 e. The molecule has 0 bridgehead atoms. The van der Waals surface area contributed by atoms with E-state index < -0.39 is 0 Å². The molecule has 0 saturated heterocycles. The number of unbranched alkanes of at least 4 members (excludes halogenated alkanes) is 3. The first kappa shape index (κ1) is 12.7. The van der Waals surface area contributed by atoms with Crippen molar-refractivity contribution in [3.8, 4) is 0 Å². The lowest BCUT2D eigenvalue weighted by Gasteiger charge is -2.11. The third kappa shape index (κ3) is 5.93. The Bertz CT molecular complexity index is 185. The van der Waals surface area contributed by atoms with Gasteiger partial charge in [0, 0.05) is 5.92 Å². The van der Waals surface area contributed by atoms with Crippen molar-refractivity contribution in [1.29, 1.82) is 0 Å². The van der Waals surface area contributed by atoms with E-state index in [9.17, 15) is 4.79 Å². The SMILES string of the molecule is CCCCCCC(C)OCC(=O)C1CC1. The van der Waals surface area contributed by atoms with Crippen molar-refractivity contribution in [3.63, 3.8) is 0 Å².